The summed E-state index contributed by atoms with van der Waals surface area (Å²) in [4.78, 5) is 24.3. The summed E-state index contributed by atoms with van der Waals surface area (Å²) in [6.45, 7) is 2.87. The summed E-state index contributed by atoms with van der Waals surface area (Å²) in [6.07, 6.45) is -1.31. The quantitative estimate of drug-likeness (QED) is 0.340. The summed E-state index contributed by atoms with van der Waals surface area (Å²) >= 11 is 0. The summed E-state index contributed by atoms with van der Waals surface area (Å²) < 4.78 is 31.1. The Kier molecular flexibility index (Phi) is 9.01. The highest BCUT2D eigenvalue weighted by atomic mass is 19.1. The number of ether oxygens (including phenoxy) is 1. The van der Waals surface area contributed by atoms with E-state index in [1.165, 1.54) is 31.4 Å². The Hall–Kier alpha value is -3.73. The maximum absolute atomic E-state index is 13.2. The molecule has 5 atom stereocenters. The average molecular weight is 540 g/mol. The highest BCUT2D eigenvalue weighted by molar-refractivity contribution is 5.99. The van der Waals surface area contributed by atoms with E-state index in [9.17, 15) is 28.8 Å². The molecule has 1 fully saturated rings. The van der Waals surface area contributed by atoms with Crippen LogP contribution in [0.2, 0.25) is 0 Å². The smallest absolute Gasteiger partial charge is 0.256 e. The van der Waals surface area contributed by atoms with Gasteiger partial charge in [-0.05, 0) is 41.5 Å². The van der Waals surface area contributed by atoms with Crippen molar-refractivity contribution in [2.75, 3.05) is 26.7 Å². The van der Waals surface area contributed by atoms with Crippen molar-refractivity contribution in [1.82, 2.24) is 10.2 Å². The summed E-state index contributed by atoms with van der Waals surface area (Å²) in [5, 5.41) is 24.3. The first-order valence-electron chi connectivity index (χ1n) is 12.7. The van der Waals surface area contributed by atoms with E-state index < -0.39 is 6.23 Å². The minimum atomic E-state index is -0.924. The molecule has 39 heavy (non-hydrogen) atoms. The highest BCUT2D eigenvalue weighted by Crippen LogP contribution is 2.38. The van der Waals surface area contributed by atoms with Crippen molar-refractivity contribution < 1.29 is 28.3 Å². The van der Waals surface area contributed by atoms with Crippen LogP contribution in [0.3, 0.4) is 0 Å². The van der Waals surface area contributed by atoms with Gasteiger partial charge < -0.3 is 20.1 Å². The third-order valence-corrected chi connectivity index (χ3v) is 7.21. The molecule has 2 heterocycles. The number of hydrogen-bond donors (Lipinski definition) is 2. The number of halogens is 2. The molecule has 0 saturated carbocycles. The lowest BCUT2D eigenvalue weighted by molar-refractivity contribution is -0.490. The van der Waals surface area contributed by atoms with Crippen LogP contribution in [0.5, 0.6) is 0 Å². The van der Waals surface area contributed by atoms with Crippen LogP contribution >= 0.6 is 0 Å². The van der Waals surface area contributed by atoms with Gasteiger partial charge in [-0.2, -0.15) is 0 Å². The molecular formula is C29H31F2N3O5. The third-order valence-electron chi connectivity index (χ3n) is 7.21. The number of benzene rings is 3. The number of nitrogens with one attached hydrogen (secondary N) is 1. The van der Waals surface area contributed by atoms with Gasteiger partial charge in [0.25, 0.3) is 5.91 Å². The summed E-state index contributed by atoms with van der Waals surface area (Å²) in [6, 6.07) is 19.2. The van der Waals surface area contributed by atoms with E-state index in [-0.39, 0.29) is 53.0 Å². The van der Waals surface area contributed by atoms with Crippen molar-refractivity contribution in [3.63, 3.8) is 0 Å². The molecule has 0 radical (unpaired) electrons. The van der Waals surface area contributed by atoms with Crippen molar-refractivity contribution in [3.05, 3.63) is 117 Å². The molecule has 10 heteroatoms. The number of carbonyl (C=O) groups is 1. The van der Waals surface area contributed by atoms with Crippen LogP contribution < -0.4 is 5.32 Å². The molecule has 0 bridgehead atoms. The lowest BCUT2D eigenvalue weighted by Gasteiger charge is -2.31. The Labute approximate surface area is 225 Å². The molecule has 2 aliphatic heterocycles. The number of methoxy groups -OCH3 is 1. The zero-order valence-corrected chi connectivity index (χ0v) is 21.7. The van der Waals surface area contributed by atoms with Crippen molar-refractivity contribution >= 4 is 5.91 Å². The van der Waals surface area contributed by atoms with Gasteiger partial charge >= 0.3 is 0 Å². The van der Waals surface area contributed by atoms with E-state index in [0.717, 1.165) is 11.1 Å². The molecule has 206 valence electrons. The van der Waals surface area contributed by atoms with Gasteiger partial charge in [-0.3, -0.25) is 14.9 Å². The molecule has 2 aliphatic rings. The molecule has 2 N–H and O–H groups in total. The molecule has 3 aromatic carbocycles. The number of carbonyl (C=O) groups excluding carboxylic acids is 1. The fourth-order valence-electron chi connectivity index (χ4n) is 5.34. The number of nitrogens with zero attached hydrogens (tertiary/aromatic N) is 2. The van der Waals surface area contributed by atoms with Crippen molar-refractivity contribution in [2.24, 2.45) is 5.92 Å². The zero-order chi connectivity index (χ0) is 28.1. The number of aliphatic hydroxyl groups excluding tert-OH is 1. The summed E-state index contributed by atoms with van der Waals surface area (Å²) in [7, 11) is 1.49. The molecule has 0 aromatic heterocycles. The second kappa shape index (κ2) is 12.4. The van der Waals surface area contributed by atoms with Crippen LogP contribution in [0, 0.1) is 27.7 Å². The molecule has 3 aromatic rings. The number of rotatable bonds is 7. The SMILES string of the molecule is CO[C@@H](c1ccc(F)cc1)[C@H](C)C[N+](=O)[O-].O=C1c2ccccc2C(O)N1[C@@H]1CNC[C@H]1c1ccc(F)cc1. The number of amides is 1. The Bertz CT molecular complexity index is 1290. The van der Waals surface area contributed by atoms with Gasteiger partial charge in [-0.25, -0.2) is 8.78 Å². The Morgan fingerprint density at radius 2 is 1.67 bits per heavy atom. The Balaban J connectivity index is 0.000000195. The Morgan fingerprint density at radius 1 is 1.05 bits per heavy atom. The monoisotopic (exact) mass is 539 g/mol. The van der Waals surface area contributed by atoms with Gasteiger partial charge in [0.15, 0.2) is 6.23 Å². The topological polar surface area (TPSA) is 105 Å². The lowest BCUT2D eigenvalue weighted by Crippen LogP contribution is -2.42. The van der Waals surface area contributed by atoms with Crippen molar-refractivity contribution in [1.29, 1.82) is 0 Å². The Morgan fingerprint density at radius 3 is 2.26 bits per heavy atom. The van der Waals surface area contributed by atoms with E-state index in [4.69, 9.17) is 4.74 Å². The van der Waals surface area contributed by atoms with Crippen LogP contribution in [0.25, 0.3) is 0 Å². The molecule has 1 amide bonds. The first-order chi connectivity index (χ1) is 18.7. The zero-order valence-electron chi connectivity index (χ0n) is 21.7. The number of nitro groups is 1. The second-order valence-corrected chi connectivity index (χ2v) is 9.76. The van der Waals surface area contributed by atoms with Crippen LogP contribution in [0.1, 0.15) is 52.2 Å². The van der Waals surface area contributed by atoms with Gasteiger partial charge in [0, 0.05) is 42.2 Å². The minimum absolute atomic E-state index is 0.0310. The van der Waals surface area contributed by atoms with E-state index in [0.29, 0.717) is 24.2 Å². The minimum Gasteiger partial charge on any atom is -0.376 e. The standard InChI is InChI=1S/C18H17FN2O2.C11H14FNO3/c19-12-7-5-11(6-8-12)15-9-20-10-16(15)21-17(22)13-3-1-2-4-14(13)18(21)23;1-8(7-13(14)15)11(16-2)9-3-5-10(12)6-4-9/h1-8,15-17,20,22H,9-10H2;3-6,8,11H,7H2,1-2H3/t15-,16+,17?;8-,11-/m01/s1. The first-order valence-corrected chi connectivity index (χ1v) is 12.7. The lowest BCUT2D eigenvalue weighted by atomic mass is 9.93. The highest BCUT2D eigenvalue weighted by Gasteiger charge is 2.44. The van der Waals surface area contributed by atoms with E-state index in [1.54, 1.807) is 54.3 Å². The molecule has 1 unspecified atom stereocenters. The predicted molar refractivity (Wildman–Crippen MR) is 141 cm³/mol. The van der Waals surface area contributed by atoms with E-state index in [2.05, 4.69) is 5.32 Å². The van der Waals surface area contributed by atoms with E-state index in [1.807, 2.05) is 6.07 Å². The molecule has 0 aliphatic carbocycles. The van der Waals surface area contributed by atoms with Gasteiger partial charge in [-0.1, -0.05) is 49.4 Å². The first kappa shape index (κ1) is 28.3. The van der Waals surface area contributed by atoms with Gasteiger partial charge in [0.05, 0.1) is 18.1 Å². The third kappa shape index (κ3) is 6.30. The normalized spacial score (nSPS) is 21.6. The predicted octanol–water partition coefficient (Wildman–Crippen LogP) is 4.45. The van der Waals surface area contributed by atoms with Gasteiger partial charge in [0.2, 0.25) is 6.54 Å². The fourth-order valence-corrected chi connectivity index (χ4v) is 5.34. The average Bonchev–Trinajstić information content (AvgIpc) is 3.48. The maximum atomic E-state index is 13.2. The van der Waals surface area contributed by atoms with E-state index >= 15 is 0 Å². The van der Waals surface area contributed by atoms with Gasteiger partial charge in [-0.15, -0.1) is 0 Å². The van der Waals surface area contributed by atoms with Crippen LogP contribution in [-0.2, 0) is 4.74 Å². The molecule has 1 saturated heterocycles. The summed E-state index contributed by atoms with van der Waals surface area (Å²) in [5.74, 6) is -0.982. The number of fused-ring (bicyclic) bond motifs is 1. The van der Waals surface area contributed by atoms with Crippen LogP contribution in [0.4, 0.5) is 8.78 Å². The molecule has 8 nitrogen and oxygen atoms in total. The fraction of sp³-hybridized carbons (Fsp3) is 0.345. The molecule has 5 rings (SSSR count). The maximum Gasteiger partial charge on any atom is 0.256 e. The molecular weight excluding hydrogens is 508 g/mol. The molecule has 0 spiro atoms. The largest absolute Gasteiger partial charge is 0.376 e. The van der Waals surface area contributed by atoms with Gasteiger partial charge in [0.1, 0.15) is 11.6 Å². The van der Waals surface area contributed by atoms with Crippen LogP contribution in [-0.4, -0.2) is 53.6 Å². The van der Waals surface area contributed by atoms with Crippen LogP contribution in [0.15, 0.2) is 72.8 Å². The number of aliphatic hydroxyl groups is 1. The van der Waals surface area contributed by atoms with Crippen molar-refractivity contribution in [3.8, 4) is 0 Å². The number of hydrogen-bond acceptors (Lipinski definition) is 6. The van der Waals surface area contributed by atoms with Crippen molar-refractivity contribution in [2.45, 2.75) is 31.2 Å². The summed E-state index contributed by atoms with van der Waals surface area (Å²) in [5.41, 5.74) is 2.93. The second-order valence-electron chi connectivity index (χ2n) is 9.76.